The van der Waals surface area contributed by atoms with Crippen LogP contribution in [0.2, 0.25) is 0 Å². The maximum absolute atomic E-state index is 13.9. The van der Waals surface area contributed by atoms with Gasteiger partial charge in [0, 0.05) is 75.3 Å². The van der Waals surface area contributed by atoms with Crippen molar-refractivity contribution in [2.75, 3.05) is 63.1 Å². The number of fused-ring (bicyclic) bond motifs is 1. The number of halogens is 3. The van der Waals surface area contributed by atoms with Gasteiger partial charge >= 0.3 is 6.18 Å². The van der Waals surface area contributed by atoms with E-state index in [0.717, 1.165) is 36.2 Å². The molecule has 42 heavy (non-hydrogen) atoms. The second-order valence-corrected chi connectivity index (χ2v) is 12.0. The molecule has 0 saturated carbocycles. The molecule has 0 bridgehead atoms. The molecule has 3 aliphatic rings. The summed E-state index contributed by atoms with van der Waals surface area (Å²) in [6, 6.07) is 9.36. The number of amides is 2. The van der Waals surface area contributed by atoms with Crippen LogP contribution in [0.3, 0.4) is 0 Å². The highest BCUT2D eigenvalue weighted by Crippen LogP contribution is 2.39. The van der Waals surface area contributed by atoms with Crippen molar-refractivity contribution >= 4 is 23.2 Å². The van der Waals surface area contributed by atoms with Gasteiger partial charge in [0.1, 0.15) is 0 Å². The molecule has 0 spiro atoms. The average Bonchev–Trinajstić information content (AvgIpc) is 2.96. The maximum atomic E-state index is 13.9. The molecule has 3 aliphatic heterocycles. The number of rotatable bonds is 6. The molecule has 0 aromatic heterocycles. The summed E-state index contributed by atoms with van der Waals surface area (Å²) in [6.07, 6.45) is -3.00. The molecule has 0 aliphatic carbocycles. The van der Waals surface area contributed by atoms with Gasteiger partial charge in [-0.1, -0.05) is 6.07 Å². The molecule has 11 heteroatoms. The highest BCUT2D eigenvalue weighted by atomic mass is 19.4. The number of nitrogens with zero attached hydrogens (tertiary/aromatic N) is 3. The first-order valence-electron chi connectivity index (χ1n) is 14.7. The number of likely N-dealkylation sites (tertiary alicyclic amines) is 1. The Morgan fingerprint density at radius 1 is 1.10 bits per heavy atom. The normalized spacial score (nSPS) is 25.4. The number of nitrogens with one attached hydrogen (secondary N) is 2. The summed E-state index contributed by atoms with van der Waals surface area (Å²) >= 11 is 0. The van der Waals surface area contributed by atoms with Gasteiger partial charge in [0.05, 0.1) is 18.1 Å². The number of piperidine rings is 2. The maximum Gasteiger partial charge on any atom is 0.416 e. The summed E-state index contributed by atoms with van der Waals surface area (Å²) in [6.45, 7) is 7.63. The monoisotopic (exact) mass is 587 g/mol. The molecule has 3 N–H and O–H groups in total. The zero-order valence-corrected chi connectivity index (χ0v) is 24.4. The van der Waals surface area contributed by atoms with Crippen LogP contribution in [-0.4, -0.2) is 91.7 Å². The van der Waals surface area contributed by atoms with Gasteiger partial charge in [0.25, 0.3) is 5.91 Å². The molecule has 2 aromatic rings. The summed E-state index contributed by atoms with van der Waals surface area (Å²) in [5.41, 5.74) is 1.56. The number of likely N-dealkylation sites (N-methyl/N-ethyl adjacent to an activating group) is 1. The smallest absolute Gasteiger partial charge is 0.395 e. The molecule has 228 valence electrons. The first-order valence-corrected chi connectivity index (χ1v) is 14.7. The second-order valence-electron chi connectivity index (χ2n) is 12.0. The Kier molecular flexibility index (Phi) is 8.82. The lowest BCUT2D eigenvalue weighted by Gasteiger charge is -2.47. The van der Waals surface area contributed by atoms with E-state index in [1.807, 2.05) is 34.7 Å². The van der Waals surface area contributed by atoms with Crippen LogP contribution < -0.4 is 15.5 Å². The third-order valence-corrected chi connectivity index (χ3v) is 9.12. The van der Waals surface area contributed by atoms with Crippen molar-refractivity contribution in [1.82, 2.24) is 15.1 Å². The van der Waals surface area contributed by atoms with E-state index >= 15 is 0 Å². The number of alkyl halides is 3. The van der Waals surface area contributed by atoms with Crippen molar-refractivity contribution in [3.63, 3.8) is 0 Å². The van der Waals surface area contributed by atoms with E-state index in [-0.39, 0.29) is 30.0 Å². The van der Waals surface area contributed by atoms with E-state index in [0.29, 0.717) is 62.5 Å². The zero-order chi connectivity index (χ0) is 30.2. The van der Waals surface area contributed by atoms with Crippen molar-refractivity contribution in [2.45, 2.75) is 50.9 Å². The molecule has 3 saturated heterocycles. The van der Waals surface area contributed by atoms with Crippen LogP contribution in [0.5, 0.6) is 0 Å². The standard InChI is InChI=1S/C31H40F3N5O3/c1-19-4-5-24(17-26(19)27-15-22-18-35-20(2)12-28(22)37(3)30(27)42)36-29(41)21-13-23(31(32,33)34)16-25(14-21)39-8-6-38(7-9-39)10-11-40/h4-5,13-14,16-17,20,22,27-28,35,40H,6-12,15,18H2,1-3H3,(H,36,41). The summed E-state index contributed by atoms with van der Waals surface area (Å²) in [4.78, 5) is 32.6. The van der Waals surface area contributed by atoms with E-state index in [4.69, 9.17) is 0 Å². The van der Waals surface area contributed by atoms with E-state index in [9.17, 15) is 27.9 Å². The van der Waals surface area contributed by atoms with Gasteiger partial charge in [-0.3, -0.25) is 14.5 Å². The first kappa shape index (κ1) is 30.3. The fourth-order valence-corrected chi connectivity index (χ4v) is 6.67. The Labute approximate surface area is 244 Å². The van der Waals surface area contributed by atoms with Gasteiger partial charge in [-0.15, -0.1) is 0 Å². The van der Waals surface area contributed by atoms with Crippen molar-refractivity contribution < 1.29 is 27.9 Å². The molecule has 0 radical (unpaired) electrons. The van der Waals surface area contributed by atoms with Gasteiger partial charge in [-0.25, -0.2) is 0 Å². The minimum atomic E-state index is -4.61. The zero-order valence-electron chi connectivity index (χ0n) is 24.4. The third kappa shape index (κ3) is 6.43. The third-order valence-electron chi connectivity index (χ3n) is 9.12. The van der Waals surface area contributed by atoms with Crippen molar-refractivity contribution in [1.29, 1.82) is 0 Å². The summed E-state index contributed by atoms with van der Waals surface area (Å²) in [7, 11) is 1.86. The Hall–Kier alpha value is -3.15. The van der Waals surface area contributed by atoms with Crippen molar-refractivity contribution in [3.8, 4) is 0 Å². The van der Waals surface area contributed by atoms with Crippen LogP contribution in [0, 0.1) is 12.8 Å². The number of aliphatic hydroxyl groups excluding tert-OH is 1. The van der Waals surface area contributed by atoms with Crippen molar-refractivity contribution in [2.24, 2.45) is 5.92 Å². The predicted molar refractivity (Wildman–Crippen MR) is 156 cm³/mol. The minimum absolute atomic E-state index is 0.0256. The highest BCUT2D eigenvalue weighted by molar-refractivity contribution is 6.05. The number of aliphatic hydroxyl groups is 1. The number of piperazine rings is 1. The molecule has 3 heterocycles. The van der Waals surface area contributed by atoms with Gasteiger partial charge in [-0.2, -0.15) is 13.2 Å². The highest BCUT2D eigenvalue weighted by Gasteiger charge is 2.43. The predicted octanol–water partition coefficient (Wildman–Crippen LogP) is 3.69. The number of hydrogen-bond donors (Lipinski definition) is 3. The van der Waals surface area contributed by atoms with Crippen LogP contribution in [0.15, 0.2) is 36.4 Å². The first-order chi connectivity index (χ1) is 19.9. The van der Waals surface area contributed by atoms with Gasteiger partial charge in [0.2, 0.25) is 5.91 Å². The SMILES string of the molecule is Cc1ccc(NC(=O)c2cc(N3CCN(CCO)CC3)cc(C(F)(F)F)c2)cc1C1CC2CNC(C)CC2N(C)C1=O. The van der Waals surface area contributed by atoms with Crippen LogP contribution in [-0.2, 0) is 11.0 Å². The van der Waals surface area contributed by atoms with Crippen molar-refractivity contribution in [3.05, 3.63) is 58.7 Å². The fourth-order valence-electron chi connectivity index (χ4n) is 6.67. The Bertz CT molecular complexity index is 1310. The Morgan fingerprint density at radius 3 is 2.52 bits per heavy atom. The summed E-state index contributed by atoms with van der Waals surface area (Å²) < 4.78 is 41.6. The number of benzene rings is 2. The largest absolute Gasteiger partial charge is 0.416 e. The topological polar surface area (TPSA) is 88.2 Å². The van der Waals surface area contributed by atoms with Gasteiger partial charge < -0.3 is 25.5 Å². The van der Waals surface area contributed by atoms with Gasteiger partial charge in [-0.05, 0) is 74.1 Å². The molecule has 5 rings (SSSR count). The summed E-state index contributed by atoms with van der Waals surface area (Å²) in [5.74, 6) is -0.624. The average molecular weight is 588 g/mol. The molecule has 3 fully saturated rings. The number of carbonyl (C=O) groups excluding carboxylic acids is 2. The molecule has 2 amide bonds. The van der Waals surface area contributed by atoms with Crippen LogP contribution in [0.25, 0.3) is 0 Å². The van der Waals surface area contributed by atoms with E-state index in [1.54, 1.807) is 12.1 Å². The molecular weight excluding hydrogens is 547 g/mol. The molecule has 4 unspecified atom stereocenters. The number of carbonyl (C=O) groups is 2. The minimum Gasteiger partial charge on any atom is -0.395 e. The number of β-amino-alcohol motifs (C(OH)–C–C–N with tert-alkyl or cyclic N) is 1. The number of hydrogen-bond acceptors (Lipinski definition) is 6. The van der Waals surface area contributed by atoms with Crippen LogP contribution in [0.4, 0.5) is 24.5 Å². The number of aryl methyl sites for hydroxylation is 1. The second kappa shape index (κ2) is 12.2. The molecule has 4 atom stereocenters. The van der Waals surface area contributed by atoms with Gasteiger partial charge in [0.15, 0.2) is 0 Å². The lowest BCUT2D eigenvalue weighted by molar-refractivity contribution is -0.140. The Balaban J connectivity index is 1.37. The molecular formula is C31H40F3N5O3. The lowest BCUT2D eigenvalue weighted by atomic mass is 9.75. The van der Waals surface area contributed by atoms with E-state index in [1.165, 1.54) is 6.07 Å². The fraction of sp³-hybridized carbons (Fsp3) is 0.548. The summed E-state index contributed by atoms with van der Waals surface area (Å²) in [5, 5.41) is 15.5. The number of anilines is 2. The quantitative estimate of drug-likeness (QED) is 0.478. The Morgan fingerprint density at radius 2 is 1.83 bits per heavy atom. The molecule has 2 aromatic carbocycles. The van der Waals surface area contributed by atoms with E-state index < -0.39 is 17.6 Å². The van der Waals surface area contributed by atoms with E-state index in [2.05, 4.69) is 17.6 Å². The van der Waals surface area contributed by atoms with Crippen LogP contribution >= 0.6 is 0 Å². The van der Waals surface area contributed by atoms with Crippen LogP contribution in [0.1, 0.15) is 52.7 Å². The molecule has 8 nitrogen and oxygen atoms in total. The lowest BCUT2D eigenvalue weighted by Crippen LogP contribution is -2.57.